The van der Waals surface area contributed by atoms with E-state index in [0.29, 0.717) is 6.61 Å². The van der Waals surface area contributed by atoms with Crippen LogP contribution in [0.4, 0.5) is 0 Å². The summed E-state index contributed by atoms with van der Waals surface area (Å²) >= 11 is 0. The number of carboxylic acids is 1. The van der Waals surface area contributed by atoms with Gasteiger partial charge in [-0.25, -0.2) is 0 Å². The first kappa shape index (κ1) is 11.6. The number of benzene rings is 2. The molecule has 0 radical (unpaired) electrons. The van der Waals surface area contributed by atoms with Crippen molar-refractivity contribution in [3.8, 4) is 0 Å². The number of fused-ring (bicyclic) bond motifs is 1. The Bertz CT molecular complexity index is 546. The minimum absolute atomic E-state index is 0.0798. The molecule has 0 fully saturated rings. The molecule has 3 nitrogen and oxygen atoms in total. The predicted molar refractivity (Wildman–Crippen MR) is 63.4 cm³/mol. The summed E-state index contributed by atoms with van der Waals surface area (Å²) in [4.78, 5) is 10.7. The van der Waals surface area contributed by atoms with E-state index in [4.69, 9.17) is 4.74 Å². The van der Waals surface area contributed by atoms with Crippen LogP contribution in [-0.4, -0.2) is 13.1 Å². The van der Waals surface area contributed by atoms with E-state index in [0.717, 1.165) is 21.9 Å². The van der Waals surface area contributed by atoms with Crippen molar-refractivity contribution in [1.29, 1.82) is 0 Å². The number of carboxylic acid groups (broad SMARTS) is 1. The third-order valence-electron chi connectivity index (χ3n) is 2.76. The Labute approximate surface area is 99.6 Å². The Morgan fingerprint density at radius 2 is 2.00 bits per heavy atom. The van der Waals surface area contributed by atoms with Crippen LogP contribution in [0.5, 0.6) is 0 Å². The molecule has 2 aromatic carbocycles. The lowest BCUT2D eigenvalue weighted by atomic mass is 9.97. The standard InChI is InChI=1S/C14H14O3/c1-17-9-13-11(8-14(15)16)7-6-10-4-2-3-5-12(10)13/h2-7H,8-9H2,1H3,(H,15,16)/p-1. The lowest BCUT2D eigenvalue weighted by Crippen LogP contribution is -2.25. The Kier molecular flexibility index (Phi) is 3.40. The Balaban J connectivity index is 2.59. The second kappa shape index (κ2) is 4.97. The molecule has 0 atom stereocenters. The number of ether oxygens (including phenoxy) is 1. The Morgan fingerprint density at radius 1 is 1.24 bits per heavy atom. The number of hydrogen-bond donors (Lipinski definition) is 0. The molecule has 0 amide bonds. The molecule has 0 N–H and O–H groups in total. The molecule has 17 heavy (non-hydrogen) atoms. The fourth-order valence-corrected chi connectivity index (χ4v) is 2.02. The zero-order chi connectivity index (χ0) is 12.3. The highest BCUT2D eigenvalue weighted by Gasteiger charge is 2.07. The van der Waals surface area contributed by atoms with Gasteiger partial charge in [0.1, 0.15) is 0 Å². The third kappa shape index (κ3) is 2.45. The van der Waals surface area contributed by atoms with Gasteiger partial charge in [-0.1, -0.05) is 36.4 Å². The van der Waals surface area contributed by atoms with Crippen LogP contribution in [0.1, 0.15) is 11.1 Å². The smallest absolute Gasteiger partial charge is 0.0721 e. The quantitative estimate of drug-likeness (QED) is 0.793. The van der Waals surface area contributed by atoms with Crippen molar-refractivity contribution in [3.05, 3.63) is 47.5 Å². The average Bonchev–Trinajstić information content (AvgIpc) is 2.32. The summed E-state index contributed by atoms with van der Waals surface area (Å²) in [6, 6.07) is 11.6. The van der Waals surface area contributed by atoms with E-state index in [9.17, 15) is 9.90 Å². The van der Waals surface area contributed by atoms with Crippen molar-refractivity contribution >= 4 is 16.7 Å². The summed E-state index contributed by atoms with van der Waals surface area (Å²) in [5, 5.41) is 12.8. The molecular weight excluding hydrogens is 216 g/mol. The first-order valence-electron chi connectivity index (χ1n) is 5.40. The van der Waals surface area contributed by atoms with E-state index in [1.807, 2.05) is 36.4 Å². The third-order valence-corrected chi connectivity index (χ3v) is 2.76. The topological polar surface area (TPSA) is 49.4 Å². The number of carbonyl (C=O) groups is 1. The van der Waals surface area contributed by atoms with E-state index in [-0.39, 0.29) is 6.42 Å². The monoisotopic (exact) mass is 229 g/mol. The summed E-state index contributed by atoms with van der Waals surface area (Å²) in [5.41, 5.74) is 1.68. The molecule has 0 saturated heterocycles. The van der Waals surface area contributed by atoms with Crippen molar-refractivity contribution in [3.63, 3.8) is 0 Å². The van der Waals surface area contributed by atoms with Gasteiger partial charge in [-0.3, -0.25) is 0 Å². The van der Waals surface area contributed by atoms with Crippen LogP contribution in [0.25, 0.3) is 10.8 Å². The number of methoxy groups -OCH3 is 1. The van der Waals surface area contributed by atoms with E-state index in [2.05, 4.69) is 0 Å². The molecular formula is C14H13O3-. The van der Waals surface area contributed by atoms with Crippen LogP contribution in [0.2, 0.25) is 0 Å². The predicted octanol–water partition coefficient (Wildman–Crippen LogP) is 1.28. The van der Waals surface area contributed by atoms with Gasteiger partial charge in [-0.15, -0.1) is 0 Å². The van der Waals surface area contributed by atoms with E-state index < -0.39 is 5.97 Å². The molecule has 0 unspecified atom stereocenters. The zero-order valence-electron chi connectivity index (χ0n) is 9.60. The minimum Gasteiger partial charge on any atom is -0.550 e. The molecule has 0 aliphatic carbocycles. The maximum absolute atomic E-state index is 10.7. The van der Waals surface area contributed by atoms with Crippen LogP contribution in [0.15, 0.2) is 36.4 Å². The second-order valence-corrected chi connectivity index (χ2v) is 3.91. The maximum atomic E-state index is 10.7. The van der Waals surface area contributed by atoms with Crippen molar-refractivity contribution in [2.45, 2.75) is 13.0 Å². The average molecular weight is 229 g/mol. The van der Waals surface area contributed by atoms with E-state index in [1.165, 1.54) is 0 Å². The number of rotatable bonds is 4. The SMILES string of the molecule is COCc1c(CC(=O)[O-])ccc2ccccc12. The van der Waals surface area contributed by atoms with Crippen LogP contribution in [0.3, 0.4) is 0 Å². The van der Waals surface area contributed by atoms with Crippen molar-refractivity contribution in [2.24, 2.45) is 0 Å². The molecule has 0 spiro atoms. The molecule has 0 saturated carbocycles. The number of carbonyl (C=O) groups excluding carboxylic acids is 1. The van der Waals surface area contributed by atoms with Crippen molar-refractivity contribution < 1.29 is 14.6 Å². The summed E-state index contributed by atoms with van der Waals surface area (Å²) in [5.74, 6) is -1.07. The maximum Gasteiger partial charge on any atom is 0.0721 e. The number of hydrogen-bond acceptors (Lipinski definition) is 3. The molecule has 0 heterocycles. The molecule has 88 valence electrons. The minimum atomic E-state index is -1.07. The van der Waals surface area contributed by atoms with Gasteiger partial charge < -0.3 is 14.6 Å². The molecule has 0 aromatic heterocycles. The first-order valence-corrected chi connectivity index (χ1v) is 5.40. The van der Waals surface area contributed by atoms with Crippen LogP contribution >= 0.6 is 0 Å². The summed E-state index contributed by atoms with van der Waals surface area (Å²) in [6.45, 7) is 0.407. The van der Waals surface area contributed by atoms with Gasteiger partial charge in [-0.05, 0) is 21.9 Å². The molecule has 2 rings (SSSR count). The summed E-state index contributed by atoms with van der Waals surface area (Å²) in [7, 11) is 1.60. The van der Waals surface area contributed by atoms with Gasteiger partial charge in [0.2, 0.25) is 0 Å². The summed E-state index contributed by atoms with van der Waals surface area (Å²) < 4.78 is 5.14. The normalized spacial score (nSPS) is 10.6. The lowest BCUT2D eigenvalue weighted by molar-refractivity contribution is -0.304. The second-order valence-electron chi connectivity index (χ2n) is 3.91. The summed E-state index contributed by atoms with van der Waals surface area (Å²) in [6.07, 6.45) is -0.0798. The highest BCUT2D eigenvalue weighted by atomic mass is 16.5. The molecule has 2 aromatic rings. The fraction of sp³-hybridized carbons (Fsp3) is 0.214. The van der Waals surface area contributed by atoms with Gasteiger partial charge in [-0.2, -0.15) is 0 Å². The number of aliphatic carboxylic acids is 1. The Morgan fingerprint density at radius 3 is 2.71 bits per heavy atom. The fourth-order valence-electron chi connectivity index (χ4n) is 2.02. The molecule has 3 heteroatoms. The van der Waals surface area contributed by atoms with Crippen molar-refractivity contribution in [2.75, 3.05) is 7.11 Å². The van der Waals surface area contributed by atoms with Crippen LogP contribution in [0, 0.1) is 0 Å². The molecule has 0 aliphatic rings. The Hall–Kier alpha value is -1.87. The van der Waals surface area contributed by atoms with Gasteiger partial charge in [0.05, 0.1) is 6.61 Å². The highest BCUT2D eigenvalue weighted by molar-refractivity contribution is 5.87. The largest absolute Gasteiger partial charge is 0.550 e. The van der Waals surface area contributed by atoms with Crippen LogP contribution < -0.4 is 5.11 Å². The van der Waals surface area contributed by atoms with Gasteiger partial charge in [0.25, 0.3) is 0 Å². The first-order chi connectivity index (χ1) is 8.22. The van der Waals surface area contributed by atoms with Gasteiger partial charge in [0.15, 0.2) is 0 Å². The van der Waals surface area contributed by atoms with Crippen molar-refractivity contribution in [1.82, 2.24) is 0 Å². The van der Waals surface area contributed by atoms with Gasteiger partial charge in [0, 0.05) is 19.5 Å². The van der Waals surface area contributed by atoms with E-state index >= 15 is 0 Å². The van der Waals surface area contributed by atoms with E-state index in [1.54, 1.807) is 7.11 Å². The highest BCUT2D eigenvalue weighted by Crippen LogP contribution is 2.23. The molecule has 0 aliphatic heterocycles. The lowest BCUT2D eigenvalue weighted by Gasteiger charge is -2.13. The van der Waals surface area contributed by atoms with Crippen LogP contribution in [-0.2, 0) is 22.6 Å². The molecule has 0 bridgehead atoms. The zero-order valence-corrected chi connectivity index (χ0v) is 9.60. The van der Waals surface area contributed by atoms with Gasteiger partial charge >= 0.3 is 0 Å².